The molecule has 112 valence electrons. The summed E-state index contributed by atoms with van der Waals surface area (Å²) < 4.78 is 18.7. The van der Waals surface area contributed by atoms with E-state index < -0.39 is 0 Å². The first-order valence-electron chi connectivity index (χ1n) is 7.19. The summed E-state index contributed by atoms with van der Waals surface area (Å²) in [5.41, 5.74) is 0.503. The fraction of sp³-hybridized carbons (Fsp3) is 0.438. The molecular formula is C16H18FNO3. The minimum absolute atomic E-state index is 0.0852. The van der Waals surface area contributed by atoms with Crippen molar-refractivity contribution in [1.29, 1.82) is 0 Å². The zero-order chi connectivity index (χ0) is 15.0. The average molecular weight is 291 g/mol. The molecule has 0 bridgehead atoms. The number of furan rings is 1. The van der Waals surface area contributed by atoms with Crippen LogP contribution >= 0.6 is 0 Å². The second kappa shape index (κ2) is 5.48. The molecule has 1 saturated heterocycles. The molecule has 0 saturated carbocycles. The molecule has 1 aromatic heterocycles. The predicted octanol–water partition coefficient (Wildman–Crippen LogP) is 2.80. The maximum atomic E-state index is 13.2. The number of carbonyl (C=O) groups is 1. The van der Waals surface area contributed by atoms with Crippen molar-refractivity contribution in [1.82, 2.24) is 4.90 Å². The molecule has 3 rings (SSSR count). The number of hydrogen-bond acceptors (Lipinski definition) is 3. The summed E-state index contributed by atoms with van der Waals surface area (Å²) in [5.74, 6) is -0.209. The molecule has 1 aromatic carbocycles. The lowest BCUT2D eigenvalue weighted by Gasteiger charge is -2.36. The van der Waals surface area contributed by atoms with Gasteiger partial charge in [0.25, 0.3) is 5.91 Å². The van der Waals surface area contributed by atoms with E-state index in [0.29, 0.717) is 17.5 Å². The van der Waals surface area contributed by atoms with E-state index in [0.717, 1.165) is 12.8 Å². The fourth-order valence-electron chi connectivity index (χ4n) is 2.88. The summed E-state index contributed by atoms with van der Waals surface area (Å²) in [6.07, 6.45) is 1.79. The van der Waals surface area contributed by atoms with Gasteiger partial charge in [0.05, 0.1) is 0 Å². The maximum absolute atomic E-state index is 13.2. The summed E-state index contributed by atoms with van der Waals surface area (Å²) in [5, 5.41) is 9.87. The molecule has 2 aromatic rings. The molecule has 0 radical (unpaired) electrons. The van der Waals surface area contributed by atoms with Gasteiger partial charge < -0.3 is 14.4 Å². The minimum atomic E-state index is -0.353. The molecule has 1 fully saturated rings. The highest BCUT2D eigenvalue weighted by molar-refractivity contribution is 5.96. The van der Waals surface area contributed by atoms with Gasteiger partial charge in [0.15, 0.2) is 5.76 Å². The van der Waals surface area contributed by atoms with E-state index in [2.05, 4.69) is 0 Å². The quantitative estimate of drug-likeness (QED) is 0.925. The molecule has 5 heteroatoms. The molecule has 2 unspecified atom stereocenters. The molecule has 2 heterocycles. The van der Waals surface area contributed by atoms with Crippen molar-refractivity contribution < 1.29 is 18.7 Å². The summed E-state index contributed by atoms with van der Waals surface area (Å²) in [6, 6.07) is 5.88. The van der Waals surface area contributed by atoms with E-state index in [4.69, 9.17) is 4.42 Å². The van der Waals surface area contributed by atoms with Gasteiger partial charge in [-0.25, -0.2) is 4.39 Å². The molecule has 1 aliphatic rings. The largest absolute Gasteiger partial charge is 0.451 e. The Bertz CT molecular complexity index is 667. The fourth-order valence-corrected chi connectivity index (χ4v) is 2.88. The number of nitrogens with zero attached hydrogens (tertiary/aromatic N) is 1. The van der Waals surface area contributed by atoms with Gasteiger partial charge in [-0.05, 0) is 49.9 Å². The Kier molecular flexibility index (Phi) is 3.68. The van der Waals surface area contributed by atoms with Crippen LogP contribution in [-0.2, 0) is 0 Å². The lowest BCUT2D eigenvalue weighted by molar-refractivity contribution is 0.0461. The molecule has 1 amide bonds. The van der Waals surface area contributed by atoms with Gasteiger partial charge in [-0.2, -0.15) is 0 Å². The van der Waals surface area contributed by atoms with Crippen LogP contribution in [0.25, 0.3) is 11.0 Å². The van der Waals surface area contributed by atoms with Gasteiger partial charge >= 0.3 is 0 Å². The average Bonchev–Trinajstić information content (AvgIpc) is 2.90. The van der Waals surface area contributed by atoms with Gasteiger partial charge in [-0.15, -0.1) is 0 Å². The Morgan fingerprint density at radius 3 is 3.00 bits per heavy atom. The number of carbonyl (C=O) groups excluding carboxylic acids is 1. The Labute approximate surface area is 122 Å². The number of hydrogen-bond donors (Lipinski definition) is 1. The number of aliphatic hydroxyl groups excluding tert-OH is 1. The standard InChI is InChI=1S/C16H18FNO3/c1-10-2-3-11(9-19)8-18(10)16(20)15-7-12-6-13(17)4-5-14(12)21-15/h4-7,10-11,19H,2-3,8-9H2,1H3. The van der Waals surface area contributed by atoms with Gasteiger partial charge in [-0.1, -0.05) is 0 Å². The Morgan fingerprint density at radius 2 is 2.24 bits per heavy atom. The minimum Gasteiger partial charge on any atom is -0.451 e. The number of benzene rings is 1. The van der Waals surface area contributed by atoms with E-state index in [9.17, 15) is 14.3 Å². The number of likely N-dealkylation sites (tertiary alicyclic amines) is 1. The van der Waals surface area contributed by atoms with E-state index in [-0.39, 0.29) is 36.1 Å². The second-order valence-corrected chi connectivity index (χ2v) is 5.73. The van der Waals surface area contributed by atoms with Crippen molar-refractivity contribution in [2.75, 3.05) is 13.2 Å². The lowest BCUT2D eigenvalue weighted by Crippen LogP contribution is -2.46. The smallest absolute Gasteiger partial charge is 0.289 e. The highest BCUT2D eigenvalue weighted by atomic mass is 19.1. The van der Waals surface area contributed by atoms with Gasteiger partial charge in [0.2, 0.25) is 0 Å². The highest BCUT2D eigenvalue weighted by Crippen LogP contribution is 2.26. The normalized spacial score (nSPS) is 22.7. The molecule has 0 aliphatic carbocycles. The zero-order valence-corrected chi connectivity index (χ0v) is 11.9. The first-order chi connectivity index (χ1) is 10.1. The summed E-state index contributed by atoms with van der Waals surface area (Å²) in [4.78, 5) is 14.3. The highest BCUT2D eigenvalue weighted by Gasteiger charge is 2.30. The number of rotatable bonds is 2. The van der Waals surface area contributed by atoms with Crippen LogP contribution in [0, 0.1) is 11.7 Å². The third-order valence-corrected chi connectivity index (χ3v) is 4.19. The van der Waals surface area contributed by atoms with Crippen LogP contribution in [0.2, 0.25) is 0 Å². The number of amides is 1. The molecule has 4 nitrogen and oxygen atoms in total. The second-order valence-electron chi connectivity index (χ2n) is 5.73. The van der Waals surface area contributed by atoms with Gasteiger partial charge in [0, 0.05) is 24.6 Å². The van der Waals surface area contributed by atoms with Crippen molar-refractivity contribution in [2.24, 2.45) is 5.92 Å². The predicted molar refractivity (Wildman–Crippen MR) is 76.5 cm³/mol. The van der Waals surface area contributed by atoms with Crippen LogP contribution in [-0.4, -0.2) is 35.1 Å². The van der Waals surface area contributed by atoms with E-state index in [1.165, 1.54) is 18.2 Å². The molecule has 21 heavy (non-hydrogen) atoms. The Hall–Kier alpha value is -1.88. The Morgan fingerprint density at radius 1 is 1.43 bits per heavy atom. The summed E-state index contributed by atoms with van der Waals surface area (Å²) in [7, 11) is 0. The van der Waals surface area contributed by atoms with Crippen molar-refractivity contribution in [2.45, 2.75) is 25.8 Å². The Balaban J connectivity index is 1.88. The van der Waals surface area contributed by atoms with Crippen molar-refractivity contribution >= 4 is 16.9 Å². The zero-order valence-electron chi connectivity index (χ0n) is 11.9. The van der Waals surface area contributed by atoms with Crippen LogP contribution in [0.5, 0.6) is 0 Å². The van der Waals surface area contributed by atoms with E-state index in [1.807, 2.05) is 6.92 Å². The number of halogens is 1. The molecule has 1 aliphatic heterocycles. The number of fused-ring (bicyclic) bond motifs is 1. The van der Waals surface area contributed by atoms with Crippen LogP contribution in [0.15, 0.2) is 28.7 Å². The third-order valence-electron chi connectivity index (χ3n) is 4.19. The first kappa shape index (κ1) is 14.1. The van der Waals surface area contributed by atoms with Gasteiger partial charge in [0.1, 0.15) is 11.4 Å². The van der Waals surface area contributed by atoms with Crippen molar-refractivity contribution in [3.05, 3.63) is 35.8 Å². The van der Waals surface area contributed by atoms with Crippen molar-refractivity contribution in [3.8, 4) is 0 Å². The van der Waals surface area contributed by atoms with Crippen LogP contribution in [0.1, 0.15) is 30.3 Å². The van der Waals surface area contributed by atoms with Crippen LogP contribution < -0.4 is 0 Å². The molecular weight excluding hydrogens is 273 g/mol. The maximum Gasteiger partial charge on any atom is 0.289 e. The number of aliphatic hydroxyl groups is 1. The number of piperidine rings is 1. The SMILES string of the molecule is CC1CCC(CO)CN1C(=O)c1cc2cc(F)ccc2o1. The monoisotopic (exact) mass is 291 g/mol. The van der Waals surface area contributed by atoms with Crippen LogP contribution in [0.4, 0.5) is 4.39 Å². The molecule has 2 atom stereocenters. The molecule has 1 N–H and O–H groups in total. The van der Waals surface area contributed by atoms with E-state index >= 15 is 0 Å². The third kappa shape index (κ3) is 2.65. The van der Waals surface area contributed by atoms with E-state index in [1.54, 1.807) is 11.0 Å². The van der Waals surface area contributed by atoms with Crippen molar-refractivity contribution in [3.63, 3.8) is 0 Å². The molecule has 0 spiro atoms. The summed E-state index contributed by atoms with van der Waals surface area (Å²) >= 11 is 0. The first-order valence-corrected chi connectivity index (χ1v) is 7.19. The van der Waals surface area contributed by atoms with Gasteiger partial charge in [-0.3, -0.25) is 4.79 Å². The van der Waals surface area contributed by atoms with Crippen LogP contribution in [0.3, 0.4) is 0 Å². The summed E-state index contributed by atoms with van der Waals surface area (Å²) in [6.45, 7) is 2.61. The lowest BCUT2D eigenvalue weighted by atomic mass is 9.94. The topological polar surface area (TPSA) is 53.7 Å².